The number of ether oxygens (including phenoxy) is 1. The first-order valence-electron chi connectivity index (χ1n) is 5.22. The van der Waals surface area contributed by atoms with E-state index in [1.54, 1.807) is 20.1 Å². The zero-order valence-corrected chi connectivity index (χ0v) is 11.1. The quantitative estimate of drug-likeness (QED) is 0.471. The molecule has 0 unspecified atom stereocenters. The van der Waals surface area contributed by atoms with Crippen molar-refractivity contribution in [2.24, 2.45) is 0 Å². The number of carbonyl (C=O) groups excluding carboxylic acids is 2. The summed E-state index contributed by atoms with van der Waals surface area (Å²) < 4.78 is 5.26. The fourth-order valence-corrected chi connectivity index (χ4v) is 1.94. The summed E-state index contributed by atoms with van der Waals surface area (Å²) in [5.74, 6) is -0.662. The van der Waals surface area contributed by atoms with Gasteiger partial charge in [-0.2, -0.15) is 0 Å². The first kappa shape index (κ1) is 13.7. The Balaban J connectivity index is 3.38. The van der Waals surface area contributed by atoms with Crippen LogP contribution in [0.5, 0.6) is 5.75 Å². The lowest BCUT2D eigenvalue weighted by Gasteiger charge is -2.14. The second-order valence-electron chi connectivity index (χ2n) is 3.91. The molecule has 1 aromatic carbocycles. The minimum absolute atomic E-state index is 0.289. The monoisotopic (exact) mass is 254 g/mol. The first-order valence-corrected chi connectivity index (χ1v) is 5.75. The molecule has 17 heavy (non-hydrogen) atoms. The van der Waals surface area contributed by atoms with Crippen LogP contribution in [0.2, 0.25) is 0 Å². The SMILES string of the molecule is COc1c(C)cc(C(=O)C(=O)CCl)c(C)c1C. The molecule has 0 saturated heterocycles. The van der Waals surface area contributed by atoms with Crippen LogP contribution in [-0.2, 0) is 4.79 Å². The summed E-state index contributed by atoms with van der Waals surface area (Å²) in [5.41, 5.74) is 2.88. The van der Waals surface area contributed by atoms with Gasteiger partial charge < -0.3 is 4.74 Å². The van der Waals surface area contributed by atoms with E-state index < -0.39 is 11.6 Å². The van der Waals surface area contributed by atoms with Crippen molar-refractivity contribution in [3.63, 3.8) is 0 Å². The van der Waals surface area contributed by atoms with Crippen molar-refractivity contribution < 1.29 is 14.3 Å². The van der Waals surface area contributed by atoms with Crippen molar-refractivity contribution >= 4 is 23.2 Å². The number of rotatable bonds is 4. The average Bonchev–Trinajstić information content (AvgIpc) is 2.32. The smallest absolute Gasteiger partial charge is 0.230 e. The van der Waals surface area contributed by atoms with Gasteiger partial charge in [0, 0.05) is 5.56 Å². The Labute approximate surface area is 106 Å². The fourth-order valence-electron chi connectivity index (χ4n) is 1.82. The van der Waals surface area contributed by atoms with Crippen molar-refractivity contribution in [1.29, 1.82) is 0 Å². The maximum absolute atomic E-state index is 11.8. The second-order valence-corrected chi connectivity index (χ2v) is 4.18. The summed E-state index contributed by atoms with van der Waals surface area (Å²) in [6.07, 6.45) is 0. The van der Waals surface area contributed by atoms with Crippen molar-refractivity contribution in [3.8, 4) is 5.75 Å². The summed E-state index contributed by atoms with van der Waals surface area (Å²) in [4.78, 5) is 23.2. The highest BCUT2D eigenvalue weighted by Gasteiger charge is 2.20. The molecule has 3 nitrogen and oxygen atoms in total. The summed E-state index contributed by atoms with van der Waals surface area (Å²) >= 11 is 5.39. The largest absolute Gasteiger partial charge is 0.496 e. The lowest BCUT2D eigenvalue weighted by molar-refractivity contribution is -0.112. The highest BCUT2D eigenvalue weighted by Crippen LogP contribution is 2.28. The number of benzene rings is 1. The van der Waals surface area contributed by atoms with E-state index >= 15 is 0 Å². The summed E-state index contributed by atoms with van der Waals surface area (Å²) in [6.45, 7) is 5.50. The molecule has 0 fully saturated rings. The van der Waals surface area contributed by atoms with E-state index in [2.05, 4.69) is 0 Å². The van der Waals surface area contributed by atoms with Gasteiger partial charge in [-0.05, 0) is 43.5 Å². The van der Waals surface area contributed by atoms with E-state index in [-0.39, 0.29) is 5.88 Å². The lowest BCUT2D eigenvalue weighted by Crippen LogP contribution is -2.17. The Kier molecular flexibility index (Phi) is 4.29. The third kappa shape index (κ3) is 2.50. The summed E-state index contributed by atoms with van der Waals surface area (Å²) in [7, 11) is 1.58. The molecule has 0 amide bonds. The Hall–Kier alpha value is -1.35. The number of hydrogen-bond donors (Lipinski definition) is 0. The lowest BCUT2D eigenvalue weighted by atomic mass is 9.95. The Morgan fingerprint density at radius 2 is 1.82 bits per heavy atom. The van der Waals surface area contributed by atoms with Gasteiger partial charge in [-0.25, -0.2) is 0 Å². The predicted molar refractivity (Wildman–Crippen MR) is 67.3 cm³/mol. The molecule has 0 atom stereocenters. The van der Waals surface area contributed by atoms with Crippen LogP contribution in [0.3, 0.4) is 0 Å². The molecule has 1 rings (SSSR count). The van der Waals surface area contributed by atoms with Gasteiger partial charge in [0.1, 0.15) is 5.75 Å². The van der Waals surface area contributed by atoms with Crippen LogP contribution in [0.25, 0.3) is 0 Å². The molecule has 0 spiro atoms. The van der Waals surface area contributed by atoms with Gasteiger partial charge in [0.05, 0.1) is 13.0 Å². The minimum Gasteiger partial charge on any atom is -0.496 e. The Morgan fingerprint density at radius 1 is 1.24 bits per heavy atom. The number of hydrogen-bond acceptors (Lipinski definition) is 3. The zero-order valence-electron chi connectivity index (χ0n) is 10.4. The third-order valence-corrected chi connectivity index (χ3v) is 3.09. The number of carbonyl (C=O) groups is 2. The number of aryl methyl sites for hydroxylation is 1. The number of alkyl halides is 1. The minimum atomic E-state index is -0.585. The van der Waals surface area contributed by atoms with Crippen molar-refractivity contribution in [2.75, 3.05) is 13.0 Å². The molecule has 0 saturated carbocycles. The van der Waals surface area contributed by atoms with Gasteiger partial charge >= 0.3 is 0 Å². The molecule has 0 radical (unpaired) electrons. The first-order chi connectivity index (χ1) is 7.93. The van der Waals surface area contributed by atoms with Crippen LogP contribution < -0.4 is 4.74 Å². The molecule has 0 bridgehead atoms. The molecular formula is C13H15ClO3. The molecule has 0 N–H and O–H groups in total. The van der Waals surface area contributed by atoms with Crippen LogP contribution in [0.4, 0.5) is 0 Å². The van der Waals surface area contributed by atoms with Gasteiger partial charge in [-0.1, -0.05) is 0 Å². The van der Waals surface area contributed by atoms with Crippen molar-refractivity contribution in [1.82, 2.24) is 0 Å². The van der Waals surface area contributed by atoms with E-state index in [9.17, 15) is 9.59 Å². The normalized spacial score (nSPS) is 10.2. The fraction of sp³-hybridized carbons (Fsp3) is 0.385. The van der Waals surface area contributed by atoms with Crippen LogP contribution >= 0.6 is 11.6 Å². The highest BCUT2D eigenvalue weighted by molar-refractivity contribution is 6.51. The van der Waals surface area contributed by atoms with Gasteiger partial charge in [-0.3, -0.25) is 9.59 Å². The van der Waals surface area contributed by atoms with Gasteiger partial charge in [0.2, 0.25) is 11.6 Å². The standard InChI is InChI=1S/C13H15ClO3/c1-7-5-10(12(16)11(15)6-14)8(2)9(3)13(7)17-4/h5H,6H2,1-4H3. The zero-order chi connectivity index (χ0) is 13.2. The third-order valence-electron chi connectivity index (χ3n) is 2.85. The van der Waals surface area contributed by atoms with Crippen molar-refractivity contribution in [3.05, 3.63) is 28.3 Å². The number of halogens is 1. The number of ketones is 2. The summed E-state index contributed by atoms with van der Waals surface area (Å²) in [6, 6.07) is 1.67. The molecular weight excluding hydrogens is 240 g/mol. The molecule has 0 aliphatic heterocycles. The molecule has 1 aromatic rings. The number of methoxy groups -OCH3 is 1. The molecule has 92 valence electrons. The van der Waals surface area contributed by atoms with E-state index in [0.717, 1.165) is 22.4 Å². The van der Waals surface area contributed by atoms with Gasteiger partial charge in [-0.15, -0.1) is 11.6 Å². The maximum Gasteiger partial charge on any atom is 0.230 e. The van der Waals surface area contributed by atoms with Gasteiger partial charge in [0.15, 0.2) is 0 Å². The van der Waals surface area contributed by atoms with Crippen LogP contribution in [-0.4, -0.2) is 24.6 Å². The Morgan fingerprint density at radius 3 is 2.29 bits per heavy atom. The van der Waals surface area contributed by atoms with Crippen LogP contribution in [0, 0.1) is 20.8 Å². The second kappa shape index (κ2) is 5.32. The predicted octanol–water partition coefficient (Wildman–Crippen LogP) is 2.61. The highest BCUT2D eigenvalue weighted by atomic mass is 35.5. The topological polar surface area (TPSA) is 43.4 Å². The van der Waals surface area contributed by atoms with Crippen LogP contribution in [0.15, 0.2) is 6.07 Å². The van der Waals surface area contributed by atoms with Gasteiger partial charge in [0.25, 0.3) is 0 Å². The number of Topliss-reactive ketones (excluding diaryl/α,β-unsaturated/α-hetero) is 2. The van der Waals surface area contributed by atoms with E-state index in [0.29, 0.717) is 5.56 Å². The van der Waals surface area contributed by atoms with Crippen molar-refractivity contribution in [2.45, 2.75) is 20.8 Å². The summed E-state index contributed by atoms with van der Waals surface area (Å²) in [5, 5.41) is 0. The molecule has 0 heterocycles. The van der Waals surface area contributed by atoms with E-state index in [4.69, 9.17) is 16.3 Å². The molecule has 0 aromatic heterocycles. The maximum atomic E-state index is 11.8. The van der Waals surface area contributed by atoms with Crippen LogP contribution in [0.1, 0.15) is 27.0 Å². The average molecular weight is 255 g/mol. The van der Waals surface area contributed by atoms with E-state index in [1.807, 2.05) is 13.8 Å². The molecule has 4 heteroatoms. The van der Waals surface area contributed by atoms with E-state index in [1.165, 1.54) is 0 Å². The Bertz CT molecular complexity index is 478. The molecule has 0 aliphatic carbocycles. The molecule has 0 aliphatic rings.